The molecule has 3 nitrogen and oxygen atoms in total. The fourth-order valence-electron chi connectivity index (χ4n) is 1.94. The zero-order chi connectivity index (χ0) is 11.4. The molecule has 16 heavy (non-hydrogen) atoms. The second kappa shape index (κ2) is 4.73. The van der Waals surface area contributed by atoms with Crippen molar-refractivity contribution in [2.24, 2.45) is 0 Å². The number of halogens is 1. The first-order chi connectivity index (χ1) is 7.74. The van der Waals surface area contributed by atoms with E-state index in [0.29, 0.717) is 11.6 Å². The summed E-state index contributed by atoms with van der Waals surface area (Å²) in [5.74, 6) is 0. The van der Waals surface area contributed by atoms with Crippen molar-refractivity contribution in [2.75, 3.05) is 18.4 Å². The Morgan fingerprint density at radius 2 is 2.12 bits per heavy atom. The Labute approximate surface area is 100 Å². The molecule has 0 bridgehead atoms. The minimum Gasteiger partial charge on any atom is -0.366 e. The summed E-state index contributed by atoms with van der Waals surface area (Å²) in [6.45, 7) is 1.68. The Balaban J connectivity index is 2.12. The Kier molecular flexibility index (Phi) is 3.33. The van der Waals surface area contributed by atoms with Gasteiger partial charge in [-0.15, -0.1) is 0 Å². The highest BCUT2D eigenvalue weighted by molar-refractivity contribution is 6.30. The zero-order valence-corrected chi connectivity index (χ0v) is 9.72. The highest BCUT2D eigenvalue weighted by Crippen LogP contribution is 2.23. The van der Waals surface area contributed by atoms with Gasteiger partial charge in [0.05, 0.1) is 6.07 Å². The number of benzene rings is 1. The van der Waals surface area contributed by atoms with Gasteiger partial charge in [-0.2, -0.15) is 5.26 Å². The quantitative estimate of drug-likeness (QED) is 0.828. The second-order valence-corrected chi connectivity index (χ2v) is 4.54. The molecular weight excluding hydrogens is 222 g/mol. The standard InChI is InChI=1S/C12H14ClN3/c13-10-2-4-11(5-3-10)16-12(8-14)6-1-7-15-9-12/h2-5,15-16H,1,6-7,9H2. The third-order valence-electron chi connectivity index (χ3n) is 2.83. The van der Waals surface area contributed by atoms with Crippen molar-refractivity contribution >= 4 is 17.3 Å². The van der Waals surface area contributed by atoms with Crippen molar-refractivity contribution in [2.45, 2.75) is 18.4 Å². The van der Waals surface area contributed by atoms with E-state index in [1.54, 1.807) is 0 Å². The first kappa shape index (κ1) is 11.3. The smallest absolute Gasteiger partial charge is 0.138 e. The molecular formula is C12H14ClN3. The molecule has 0 amide bonds. The summed E-state index contributed by atoms with van der Waals surface area (Å²) in [6, 6.07) is 9.82. The first-order valence-electron chi connectivity index (χ1n) is 5.40. The summed E-state index contributed by atoms with van der Waals surface area (Å²) < 4.78 is 0. The van der Waals surface area contributed by atoms with E-state index in [-0.39, 0.29) is 0 Å². The molecule has 1 aromatic carbocycles. The molecule has 1 unspecified atom stereocenters. The van der Waals surface area contributed by atoms with E-state index in [2.05, 4.69) is 16.7 Å². The molecule has 1 aliphatic heterocycles. The van der Waals surface area contributed by atoms with Crippen molar-refractivity contribution in [1.29, 1.82) is 5.26 Å². The molecule has 1 heterocycles. The third kappa shape index (κ3) is 2.46. The van der Waals surface area contributed by atoms with Crippen LogP contribution in [0.15, 0.2) is 24.3 Å². The van der Waals surface area contributed by atoms with Crippen LogP contribution >= 0.6 is 11.6 Å². The fourth-order valence-corrected chi connectivity index (χ4v) is 2.07. The molecule has 4 heteroatoms. The molecule has 1 aliphatic rings. The van der Waals surface area contributed by atoms with Gasteiger partial charge in [0, 0.05) is 17.3 Å². The summed E-state index contributed by atoms with van der Waals surface area (Å²) in [7, 11) is 0. The highest BCUT2D eigenvalue weighted by Gasteiger charge is 2.31. The van der Waals surface area contributed by atoms with E-state index in [0.717, 1.165) is 25.1 Å². The number of nitrogens with one attached hydrogen (secondary N) is 2. The Morgan fingerprint density at radius 1 is 1.38 bits per heavy atom. The number of nitrogens with zero attached hydrogens (tertiary/aromatic N) is 1. The molecule has 0 aliphatic carbocycles. The Bertz CT molecular complexity index is 388. The van der Waals surface area contributed by atoms with Gasteiger partial charge in [-0.3, -0.25) is 0 Å². The summed E-state index contributed by atoms with van der Waals surface area (Å²) in [4.78, 5) is 0. The van der Waals surface area contributed by atoms with Gasteiger partial charge >= 0.3 is 0 Å². The van der Waals surface area contributed by atoms with E-state index in [9.17, 15) is 5.26 Å². The van der Waals surface area contributed by atoms with Gasteiger partial charge in [-0.05, 0) is 43.7 Å². The van der Waals surface area contributed by atoms with E-state index in [1.807, 2.05) is 24.3 Å². The summed E-state index contributed by atoms with van der Waals surface area (Å²) in [6.07, 6.45) is 1.90. The lowest BCUT2D eigenvalue weighted by Crippen LogP contribution is -2.50. The van der Waals surface area contributed by atoms with Crippen LogP contribution in [0.5, 0.6) is 0 Å². The molecule has 84 valence electrons. The van der Waals surface area contributed by atoms with Gasteiger partial charge in [0.25, 0.3) is 0 Å². The highest BCUT2D eigenvalue weighted by atomic mass is 35.5. The lowest BCUT2D eigenvalue weighted by atomic mass is 9.91. The average Bonchev–Trinajstić information content (AvgIpc) is 2.33. The summed E-state index contributed by atoms with van der Waals surface area (Å²) in [5.41, 5.74) is 0.459. The maximum Gasteiger partial charge on any atom is 0.138 e. The summed E-state index contributed by atoms with van der Waals surface area (Å²) in [5, 5.41) is 16.5. The minimum absolute atomic E-state index is 0.480. The van der Waals surface area contributed by atoms with Crippen molar-refractivity contribution < 1.29 is 0 Å². The fraction of sp³-hybridized carbons (Fsp3) is 0.417. The van der Waals surface area contributed by atoms with Crippen LogP contribution in [0.3, 0.4) is 0 Å². The van der Waals surface area contributed by atoms with E-state index < -0.39 is 5.54 Å². The van der Waals surface area contributed by atoms with Gasteiger partial charge in [0.15, 0.2) is 0 Å². The van der Waals surface area contributed by atoms with E-state index in [1.165, 1.54) is 0 Å². The monoisotopic (exact) mass is 235 g/mol. The number of hydrogen-bond acceptors (Lipinski definition) is 3. The molecule has 1 saturated heterocycles. The van der Waals surface area contributed by atoms with Crippen LogP contribution < -0.4 is 10.6 Å². The van der Waals surface area contributed by atoms with Gasteiger partial charge in [0.1, 0.15) is 5.54 Å². The molecule has 2 rings (SSSR count). The van der Waals surface area contributed by atoms with Crippen LogP contribution in [0.25, 0.3) is 0 Å². The molecule has 2 N–H and O–H groups in total. The number of nitriles is 1. The van der Waals surface area contributed by atoms with E-state index in [4.69, 9.17) is 11.6 Å². The van der Waals surface area contributed by atoms with Crippen molar-refractivity contribution in [3.05, 3.63) is 29.3 Å². The van der Waals surface area contributed by atoms with Gasteiger partial charge < -0.3 is 10.6 Å². The molecule has 1 atom stereocenters. The van der Waals surface area contributed by atoms with Crippen molar-refractivity contribution in [3.63, 3.8) is 0 Å². The number of rotatable bonds is 2. The molecule has 0 aromatic heterocycles. The lowest BCUT2D eigenvalue weighted by Gasteiger charge is -2.33. The van der Waals surface area contributed by atoms with Crippen LogP contribution in [0.1, 0.15) is 12.8 Å². The second-order valence-electron chi connectivity index (χ2n) is 4.11. The van der Waals surface area contributed by atoms with Gasteiger partial charge in [-0.1, -0.05) is 11.6 Å². The Hall–Kier alpha value is -1.24. The molecule has 1 aromatic rings. The predicted molar refractivity (Wildman–Crippen MR) is 65.5 cm³/mol. The van der Waals surface area contributed by atoms with Crippen LogP contribution in [0, 0.1) is 11.3 Å². The average molecular weight is 236 g/mol. The largest absolute Gasteiger partial charge is 0.366 e. The topological polar surface area (TPSA) is 47.9 Å². The molecule has 0 spiro atoms. The molecule has 0 saturated carbocycles. The van der Waals surface area contributed by atoms with E-state index >= 15 is 0 Å². The molecule has 0 radical (unpaired) electrons. The zero-order valence-electron chi connectivity index (χ0n) is 8.96. The van der Waals surface area contributed by atoms with Crippen LogP contribution in [-0.2, 0) is 0 Å². The number of piperidine rings is 1. The number of anilines is 1. The maximum atomic E-state index is 9.28. The van der Waals surface area contributed by atoms with Gasteiger partial charge in [-0.25, -0.2) is 0 Å². The third-order valence-corrected chi connectivity index (χ3v) is 3.08. The van der Waals surface area contributed by atoms with Crippen LogP contribution in [0.2, 0.25) is 5.02 Å². The number of hydrogen-bond donors (Lipinski definition) is 2. The minimum atomic E-state index is -0.480. The SMILES string of the molecule is N#CC1(Nc2ccc(Cl)cc2)CCCNC1. The van der Waals surface area contributed by atoms with Crippen molar-refractivity contribution in [1.82, 2.24) is 5.32 Å². The predicted octanol–water partition coefficient (Wildman–Crippen LogP) is 2.40. The maximum absolute atomic E-state index is 9.28. The first-order valence-corrected chi connectivity index (χ1v) is 5.78. The van der Waals surface area contributed by atoms with Gasteiger partial charge in [0.2, 0.25) is 0 Å². The lowest BCUT2D eigenvalue weighted by molar-refractivity contribution is 0.411. The summed E-state index contributed by atoms with van der Waals surface area (Å²) >= 11 is 5.82. The Morgan fingerprint density at radius 3 is 2.69 bits per heavy atom. The normalized spacial score (nSPS) is 24.8. The van der Waals surface area contributed by atoms with Crippen LogP contribution in [0.4, 0.5) is 5.69 Å². The van der Waals surface area contributed by atoms with Crippen LogP contribution in [-0.4, -0.2) is 18.6 Å². The molecule has 1 fully saturated rings. The van der Waals surface area contributed by atoms with Crippen molar-refractivity contribution in [3.8, 4) is 6.07 Å².